The largest absolute Gasteiger partial charge is 0.456 e. The zero-order valence-corrected chi connectivity index (χ0v) is 43.3. The molecular formula is C74H53N3O2. The molecule has 13 rings (SSSR count). The monoisotopic (exact) mass is 1020 g/mol. The Kier molecular flexibility index (Phi) is 13.3. The SMILES string of the molecule is c1ccc(-c2ccc(-c3ccc(N(c4ccccc4)c4ccc(-c5ccc(N(c6ccccc6)c6ccc(-c7ccc(N(c8ccccc8)c8ccc(-c9ccc(-c%10ccccc%10)o9)cc8)cc7)cc6)cc5)cc4)cc3)o2)cc1. The molecule has 0 saturated heterocycles. The van der Waals surface area contributed by atoms with Gasteiger partial charge in [-0.1, -0.05) is 164 Å². The molecule has 0 bridgehead atoms. The van der Waals surface area contributed by atoms with Crippen molar-refractivity contribution in [2.45, 2.75) is 0 Å². The highest BCUT2D eigenvalue weighted by molar-refractivity contribution is 5.84. The highest BCUT2D eigenvalue weighted by Gasteiger charge is 2.18. The lowest BCUT2D eigenvalue weighted by molar-refractivity contribution is 0.597. The number of para-hydroxylation sites is 3. The van der Waals surface area contributed by atoms with E-state index in [4.69, 9.17) is 8.83 Å². The average Bonchev–Trinajstić information content (AvgIpc) is 4.26. The topological polar surface area (TPSA) is 36.0 Å². The molecule has 0 N–H and O–H groups in total. The van der Waals surface area contributed by atoms with E-state index in [-0.39, 0.29) is 0 Å². The summed E-state index contributed by atoms with van der Waals surface area (Å²) < 4.78 is 12.6. The second-order valence-corrected chi connectivity index (χ2v) is 19.4. The molecule has 376 valence electrons. The summed E-state index contributed by atoms with van der Waals surface area (Å²) in [4.78, 5) is 6.89. The van der Waals surface area contributed by atoms with Crippen LogP contribution >= 0.6 is 0 Å². The summed E-state index contributed by atoms with van der Waals surface area (Å²) in [6, 6.07) is 113. The molecule has 0 fully saturated rings. The maximum absolute atomic E-state index is 6.29. The van der Waals surface area contributed by atoms with Gasteiger partial charge in [0.1, 0.15) is 23.0 Å². The van der Waals surface area contributed by atoms with Gasteiger partial charge in [-0.15, -0.1) is 0 Å². The van der Waals surface area contributed by atoms with E-state index in [1.54, 1.807) is 0 Å². The van der Waals surface area contributed by atoms with Gasteiger partial charge in [0.05, 0.1) is 0 Å². The van der Waals surface area contributed by atoms with Crippen molar-refractivity contribution in [2.24, 2.45) is 0 Å². The summed E-state index contributed by atoms with van der Waals surface area (Å²) in [5.41, 5.74) is 18.4. The first-order valence-corrected chi connectivity index (χ1v) is 26.6. The second-order valence-electron chi connectivity index (χ2n) is 19.4. The van der Waals surface area contributed by atoms with E-state index >= 15 is 0 Å². The molecule has 0 saturated carbocycles. The molecule has 0 unspecified atom stereocenters. The quantitative estimate of drug-likeness (QED) is 0.102. The number of benzene rings is 11. The van der Waals surface area contributed by atoms with E-state index < -0.39 is 0 Å². The van der Waals surface area contributed by atoms with E-state index in [2.05, 4.69) is 276 Å². The Hall–Kier alpha value is -10.6. The lowest BCUT2D eigenvalue weighted by atomic mass is 10.0. The Morgan fingerprint density at radius 3 is 0.519 bits per heavy atom. The van der Waals surface area contributed by atoms with Gasteiger partial charge in [-0.3, -0.25) is 0 Å². The van der Waals surface area contributed by atoms with E-state index in [9.17, 15) is 0 Å². The third kappa shape index (κ3) is 10.3. The fourth-order valence-electron chi connectivity index (χ4n) is 10.3. The lowest BCUT2D eigenvalue weighted by Gasteiger charge is -2.26. The number of hydrogen-bond acceptors (Lipinski definition) is 5. The van der Waals surface area contributed by atoms with Gasteiger partial charge in [0.15, 0.2) is 0 Å². The number of furan rings is 2. The molecule has 2 aromatic heterocycles. The summed E-state index contributed by atoms with van der Waals surface area (Å²) in [7, 11) is 0. The van der Waals surface area contributed by atoms with Crippen molar-refractivity contribution in [1.29, 1.82) is 0 Å². The first-order chi connectivity index (χ1) is 39.1. The molecule has 79 heavy (non-hydrogen) atoms. The van der Waals surface area contributed by atoms with Crippen molar-refractivity contribution in [2.75, 3.05) is 14.7 Å². The molecule has 0 aliphatic carbocycles. The summed E-state index contributed by atoms with van der Waals surface area (Å²) in [6.07, 6.45) is 0. The molecule has 0 amide bonds. The summed E-state index contributed by atoms with van der Waals surface area (Å²) in [5, 5.41) is 0. The minimum atomic E-state index is 0.839. The molecule has 5 nitrogen and oxygen atoms in total. The van der Waals surface area contributed by atoms with Crippen LogP contribution in [0, 0.1) is 0 Å². The van der Waals surface area contributed by atoms with E-state index in [1.807, 2.05) is 60.7 Å². The lowest BCUT2D eigenvalue weighted by Crippen LogP contribution is -2.10. The Labute approximate surface area is 461 Å². The van der Waals surface area contributed by atoms with Crippen molar-refractivity contribution in [3.05, 3.63) is 322 Å². The second kappa shape index (κ2) is 21.9. The third-order valence-electron chi connectivity index (χ3n) is 14.4. The highest BCUT2D eigenvalue weighted by Crippen LogP contribution is 2.42. The van der Waals surface area contributed by atoms with Gasteiger partial charge in [0, 0.05) is 73.4 Å². The Morgan fingerprint density at radius 2 is 0.304 bits per heavy atom. The van der Waals surface area contributed by atoms with Gasteiger partial charge < -0.3 is 23.5 Å². The zero-order valence-electron chi connectivity index (χ0n) is 43.3. The molecule has 13 aromatic rings. The minimum absolute atomic E-state index is 0.839. The molecule has 0 aliphatic rings. The fourth-order valence-corrected chi connectivity index (χ4v) is 10.3. The van der Waals surface area contributed by atoms with Crippen LogP contribution in [0.5, 0.6) is 0 Å². The smallest absolute Gasteiger partial charge is 0.134 e. The Morgan fingerprint density at radius 1 is 0.139 bits per heavy atom. The highest BCUT2D eigenvalue weighted by atomic mass is 16.3. The summed E-state index contributed by atoms with van der Waals surface area (Å²) in [6.45, 7) is 0. The van der Waals surface area contributed by atoms with Crippen LogP contribution in [0.15, 0.2) is 330 Å². The predicted octanol–water partition coefficient (Wildman–Crippen LogP) is 21.3. The average molecular weight is 1020 g/mol. The first kappa shape index (κ1) is 48.1. The van der Waals surface area contributed by atoms with Crippen LogP contribution in [0.2, 0.25) is 0 Å². The van der Waals surface area contributed by atoms with Crippen molar-refractivity contribution in [3.8, 4) is 67.5 Å². The maximum Gasteiger partial charge on any atom is 0.134 e. The number of hydrogen-bond donors (Lipinski definition) is 0. The van der Waals surface area contributed by atoms with Crippen molar-refractivity contribution in [1.82, 2.24) is 0 Å². The normalized spacial score (nSPS) is 11.0. The molecule has 2 heterocycles. The number of anilines is 9. The van der Waals surface area contributed by atoms with Gasteiger partial charge in [-0.25, -0.2) is 0 Å². The van der Waals surface area contributed by atoms with Crippen LogP contribution in [0.3, 0.4) is 0 Å². The fraction of sp³-hybridized carbons (Fsp3) is 0. The predicted molar refractivity (Wildman–Crippen MR) is 328 cm³/mol. The van der Waals surface area contributed by atoms with Gasteiger partial charge in [0.25, 0.3) is 0 Å². The first-order valence-electron chi connectivity index (χ1n) is 26.6. The minimum Gasteiger partial charge on any atom is -0.456 e. The summed E-state index contributed by atoms with van der Waals surface area (Å²) in [5.74, 6) is 3.39. The molecule has 0 spiro atoms. The Balaban J connectivity index is 0.727. The van der Waals surface area contributed by atoms with E-state index in [1.165, 1.54) is 0 Å². The van der Waals surface area contributed by atoms with Gasteiger partial charge in [-0.2, -0.15) is 0 Å². The van der Waals surface area contributed by atoms with Crippen LogP contribution in [-0.4, -0.2) is 0 Å². The molecule has 0 radical (unpaired) electrons. The van der Waals surface area contributed by atoms with Crippen LogP contribution in [0.1, 0.15) is 0 Å². The Bertz CT molecular complexity index is 3800. The molecule has 5 heteroatoms. The maximum atomic E-state index is 6.29. The van der Waals surface area contributed by atoms with Crippen LogP contribution < -0.4 is 14.7 Å². The summed E-state index contributed by atoms with van der Waals surface area (Å²) >= 11 is 0. The standard InChI is InChI=1S/C74H53N3O2/c1-6-16-58(17-7-1)71-50-52-73(78-71)60-34-46-69(47-35-60)76(63-22-12-4-13-23-63)67-42-30-56(31-43-67)54-26-38-65(39-27-54)75(62-20-10-3-11-21-62)66-40-28-55(29-41-66)57-32-44-68(45-33-57)77(64-24-14-5-15-25-64)70-48-36-61(37-49-70)74-53-51-72(79-74)59-18-8-2-9-19-59/h1-53H. The van der Waals surface area contributed by atoms with Crippen molar-refractivity contribution in [3.63, 3.8) is 0 Å². The molecule has 0 aliphatic heterocycles. The van der Waals surface area contributed by atoms with E-state index in [0.717, 1.165) is 119 Å². The van der Waals surface area contributed by atoms with Gasteiger partial charge in [-0.05, 0) is 180 Å². The van der Waals surface area contributed by atoms with Crippen LogP contribution in [0.4, 0.5) is 51.2 Å². The zero-order chi connectivity index (χ0) is 52.7. The number of nitrogens with zero attached hydrogens (tertiary/aromatic N) is 3. The number of rotatable bonds is 15. The molecular weight excluding hydrogens is 963 g/mol. The van der Waals surface area contributed by atoms with Crippen LogP contribution in [0.25, 0.3) is 67.5 Å². The molecule has 11 aromatic carbocycles. The molecule has 0 atom stereocenters. The van der Waals surface area contributed by atoms with Gasteiger partial charge in [0.2, 0.25) is 0 Å². The van der Waals surface area contributed by atoms with Crippen molar-refractivity contribution < 1.29 is 8.83 Å². The van der Waals surface area contributed by atoms with Crippen molar-refractivity contribution >= 4 is 51.2 Å². The van der Waals surface area contributed by atoms with Crippen LogP contribution in [-0.2, 0) is 0 Å². The van der Waals surface area contributed by atoms with E-state index in [0.29, 0.717) is 0 Å². The third-order valence-corrected chi connectivity index (χ3v) is 14.4. The van der Waals surface area contributed by atoms with Gasteiger partial charge >= 0.3 is 0 Å².